The monoisotopic (exact) mass is 438 g/mol. The largest absolute Gasteiger partial charge is 0.494 e. The molecule has 0 bridgehead atoms. The lowest BCUT2D eigenvalue weighted by Crippen LogP contribution is -2.22. The van der Waals surface area contributed by atoms with E-state index in [1.807, 2.05) is 6.92 Å². The first kappa shape index (κ1) is 22.5. The van der Waals surface area contributed by atoms with Crippen LogP contribution >= 0.6 is 23.2 Å². The van der Waals surface area contributed by atoms with Gasteiger partial charge in [0.05, 0.1) is 23.7 Å². The number of nitrogens with one attached hydrogen (secondary N) is 2. The van der Waals surface area contributed by atoms with Crippen LogP contribution in [-0.4, -0.2) is 31.0 Å². The number of halogens is 2. The van der Waals surface area contributed by atoms with Gasteiger partial charge in [-0.3, -0.25) is 14.4 Å². The number of hydrogen-bond acceptors (Lipinski definition) is 5. The molecule has 0 saturated carbocycles. The highest BCUT2D eigenvalue weighted by Crippen LogP contribution is 2.25. The van der Waals surface area contributed by atoms with Crippen molar-refractivity contribution in [2.24, 2.45) is 0 Å². The number of carbonyl (C=O) groups is 3. The van der Waals surface area contributed by atoms with E-state index in [9.17, 15) is 14.4 Å². The van der Waals surface area contributed by atoms with Gasteiger partial charge in [-0.25, -0.2) is 0 Å². The van der Waals surface area contributed by atoms with Crippen LogP contribution in [-0.2, 0) is 19.1 Å². The molecule has 2 aromatic rings. The van der Waals surface area contributed by atoms with Crippen LogP contribution in [0.3, 0.4) is 0 Å². The predicted octanol–water partition coefficient (Wildman–Crippen LogP) is 4.29. The molecule has 7 nitrogen and oxygen atoms in total. The quantitative estimate of drug-likeness (QED) is 0.569. The Kier molecular flexibility index (Phi) is 8.76. The highest BCUT2D eigenvalue weighted by Gasteiger charge is 2.12. The van der Waals surface area contributed by atoms with Gasteiger partial charge in [0.15, 0.2) is 6.61 Å². The fourth-order valence-electron chi connectivity index (χ4n) is 2.24. The third kappa shape index (κ3) is 8.01. The van der Waals surface area contributed by atoms with E-state index >= 15 is 0 Å². The molecule has 0 radical (unpaired) electrons. The number of hydrogen-bond donors (Lipinski definition) is 2. The van der Waals surface area contributed by atoms with Crippen molar-refractivity contribution < 1.29 is 23.9 Å². The zero-order valence-electron chi connectivity index (χ0n) is 15.7. The van der Waals surface area contributed by atoms with Gasteiger partial charge in [0.25, 0.3) is 5.91 Å². The molecule has 2 rings (SSSR count). The Labute approximate surface area is 178 Å². The van der Waals surface area contributed by atoms with Crippen molar-refractivity contribution in [1.82, 2.24) is 0 Å². The van der Waals surface area contributed by atoms with Crippen LogP contribution < -0.4 is 15.4 Å². The standard InChI is InChI=1S/C20H20Cl2N2O5/c1-2-28-15-6-4-14(5-7-15)23-18(25)9-10-20(27)29-12-19(26)24-17-8-3-13(21)11-16(17)22/h3-8,11H,2,9-10,12H2,1H3,(H,23,25)(H,24,26). The molecule has 2 N–H and O–H groups in total. The van der Waals surface area contributed by atoms with Crippen LogP contribution in [0, 0.1) is 0 Å². The van der Waals surface area contributed by atoms with Gasteiger partial charge in [-0.2, -0.15) is 0 Å². The number of ether oxygens (including phenoxy) is 2. The topological polar surface area (TPSA) is 93.7 Å². The van der Waals surface area contributed by atoms with Gasteiger partial charge < -0.3 is 20.1 Å². The summed E-state index contributed by atoms with van der Waals surface area (Å²) in [7, 11) is 0. The molecule has 2 amide bonds. The normalized spacial score (nSPS) is 10.2. The molecule has 0 saturated heterocycles. The predicted molar refractivity (Wildman–Crippen MR) is 112 cm³/mol. The molecule has 0 aromatic heterocycles. The van der Waals surface area contributed by atoms with Gasteiger partial charge in [0.2, 0.25) is 5.91 Å². The third-order valence-corrected chi connectivity index (χ3v) is 4.12. The first-order valence-electron chi connectivity index (χ1n) is 8.80. The second-order valence-electron chi connectivity index (χ2n) is 5.84. The van der Waals surface area contributed by atoms with Crippen LogP contribution in [0.4, 0.5) is 11.4 Å². The first-order chi connectivity index (χ1) is 13.9. The molecular formula is C20H20Cl2N2O5. The summed E-state index contributed by atoms with van der Waals surface area (Å²) in [5.74, 6) is -0.860. The highest BCUT2D eigenvalue weighted by atomic mass is 35.5. The molecule has 0 unspecified atom stereocenters. The Morgan fingerprint density at radius 1 is 0.931 bits per heavy atom. The molecule has 0 aliphatic carbocycles. The molecule has 9 heteroatoms. The fourth-order valence-corrected chi connectivity index (χ4v) is 2.69. The molecule has 0 aliphatic heterocycles. The molecule has 0 spiro atoms. The Hall–Kier alpha value is -2.77. The second-order valence-corrected chi connectivity index (χ2v) is 6.68. The van der Waals surface area contributed by atoms with Crippen molar-refractivity contribution in [1.29, 1.82) is 0 Å². The van der Waals surface area contributed by atoms with E-state index < -0.39 is 18.5 Å². The highest BCUT2D eigenvalue weighted by molar-refractivity contribution is 6.36. The number of esters is 1. The van der Waals surface area contributed by atoms with Gasteiger partial charge in [-0.1, -0.05) is 23.2 Å². The molecule has 0 atom stereocenters. The summed E-state index contributed by atoms with van der Waals surface area (Å²) in [6, 6.07) is 11.5. The zero-order chi connectivity index (χ0) is 21.2. The fraction of sp³-hybridized carbons (Fsp3) is 0.250. The van der Waals surface area contributed by atoms with E-state index in [0.29, 0.717) is 28.8 Å². The smallest absolute Gasteiger partial charge is 0.306 e. The van der Waals surface area contributed by atoms with Crippen LogP contribution in [0.1, 0.15) is 19.8 Å². The minimum absolute atomic E-state index is 0.0727. The van der Waals surface area contributed by atoms with E-state index in [4.69, 9.17) is 32.7 Å². The lowest BCUT2D eigenvalue weighted by molar-refractivity contribution is -0.147. The molecule has 154 valence electrons. The minimum atomic E-state index is -0.663. The number of anilines is 2. The molecule has 0 fully saturated rings. The molecule has 2 aromatic carbocycles. The third-order valence-electron chi connectivity index (χ3n) is 3.57. The molecule has 29 heavy (non-hydrogen) atoms. The summed E-state index contributed by atoms with van der Waals surface area (Å²) in [6.45, 7) is 1.95. The van der Waals surface area contributed by atoms with Crippen molar-refractivity contribution >= 4 is 52.4 Å². The van der Waals surface area contributed by atoms with Crippen molar-refractivity contribution in [3.05, 3.63) is 52.5 Å². The Morgan fingerprint density at radius 3 is 2.31 bits per heavy atom. The average molecular weight is 439 g/mol. The van der Waals surface area contributed by atoms with E-state index in [2.05, 4.69) is 10.6 Å². The molecule has 0 heterocycles. The van der Waals surface area contributed by atoms with Crippen LogP contribution in [0.2, 0.25) is 10.0 Å². The SMILES string of the molecule is CCOc1ccc(NC(=O)CCC(=O)OCC(=O)Nc2ccc(Cl)cc2Cl)cc1. The Bertz CT molecular complexity index is 872. The van der Waals surface area contributed by atoms with Crippen LogP contribution in [0.5, 0.6) is 5.75 Å². The summed E-state index contributed by atoms with van der Waals surface area (Å²) >= 11 is 11.7. The lowest BCUT2D eigenvalue weighted by atomic mass is 10.2. The first-order valence-corrected chi connectivity index (χ1v) is 9.56. The average Bonchev–Trinajstić information content (AvgIpc) is 2.69. The van der Waals surface area contributed by atoms with E-state index in [0.717, 1.165) is 0 Å². The summed E-state index contributed by atoms with van der Waals surface area (Å²) in [6.07, 6.45) is -0.228. The maximum atomic E-state index is 11.9. The van der Waals surface area contributed by atoms with Crippen molar-refractivity contribution in [2.45, 2.75) is 19.8 Å². The van der Waals surface area contributed by atoms with E-state index in [1.54, 1.807) is 30.3 Å². The van der Waals surface area contributed by atoms with Gasteiger partial charge >= 0.3 is 5.97 Å². The lowest BCUT2D eigenvalue weighted by Gasteiger charge is -2.09. The summed E-state index contributed by atoms with van der Waals surface area (Å²) in [5.41, 5.74) is 0.942. The summed E-state index contributed by atoms with van der Waals surface area (Å²) in [4.78, 5) is 35.5. The van der Waals surface area contributed by atoms with Crippen molar-refractivity contribution in [2.75, 3.05) is 23.8 Å². The van der Waals surface area contributed by atoms with Crippen molar-refractivity contribution in [3.8, 4) is 5.75 Å². The number of rotatable bonds is 9. The van der Waals surface area contributed by atoms with E-state index in [-0.39, 0.29) is 23.8 Å². The maximum absolute atomic E-state index is 11.9. The number of amides is 2. The number of carbonyl (C=O) groups excluding carboxylic acids is 3. The number of benzene rings is 2. The van der Waals surface area contributed by atoms with Gasteiger partial charge in [-0.15, -0.1) is 0 Å². The summed E-state index contributed by atoms with van der Waals surface area (Å²) in [5, 5.41) is 5.88. The van der Waals surface area contributed by atoms with Gasteiger partial charge in [-0.05, 0) is 49.4 Å². The second kappa shape index (κ2) is 11.3. The zero-order valence-corrected chi connectivity index (χ0v) is 17.2. The molecule has 0 aliphatic rings. The maximum Gasteiger partial charge on any atom is 0.306 e. The molecular weight excluding hydrogens is 419 g/mol. The van der Waals surface area contributed by atoms with Gasteiger partial charge in [0, 0.05) is 17.1 Å². The van der Waals surface area contributed by atoms with Crippen molar-refractivity contribution in [3.63, 3.8) is 0 Å². The van der Waals surface area contributed by atoms with Crippen LogP contribution in [0.15, 0.2) is 42.5 Å². The Morgan fingerprint density at radius 2 is 1.66 bits per heavy atom. The van der Waals surface area contributed by atoms with Gasteiger partial charge in [0.1, 0.15) is 5.75 Å². The van der Waals surface area contributed by atoms with E-state index in [1.165, 1.54) is 12.1 Å². The van der Waals surface area contributed by atoms with Crippen LogP contribution in [0.25, 0.3) is 0 Å². The summed E-state index contributed by atoms with van der Waals surface area (Å²) < 4.78 is 10.2. The minimum Gasteiger partial charge on any atom is -0.494 e. The Balaban J connectivity index is 1.69.